The maximum atomic E-state index is 12.6. The first-order chi connectivity index (χ1) is 13.0. The van der Waals surface area contributed by atoms with Crippen LogP contribution in [0.4, 0.5) is 0 Å². The Hall–Kier alpha value is -3.06. The molecule has 0 bridgehead atoms. The minimum absolute atomic E-state index is 0.103. The van der Waals surface area contributed by atoms with Gasteiger partial charge < -0.3 is 10.2 Å². The van der Waals surface area contributed by atoms with Crippen LogP contribution in [0.2, 0.25) is 0 Å². The molecule has 0 aliphatic rings. The van der Waals surface area contributed by atoms with Gasteiger partial charge in [-0.15, -0.1) is 10.2 Å². The van der Waals surface area contributed by atoms with Crippen molar-refractivity contribution in [3.8, 4) is 11.4 Å². The van der Waals surface area contributed by atoms with Crippen LogP contribution in [-0.2, 0) is 7.05 Å². The van der Waals surface area contributed by atoms with E-state index in [9.17, 15) is 4.79 Å². The molecular formula is C20H24N6O. The van der Waals surface area contributed by atoms with Gasteiger partial charge in [0.1, 0.15) is 0 Å². The second kappa shape index (κ2) is 8.09. The van der Waals surface area contributed by atoms with Crippen molar-refractivity contribution in [1.29, 1.82) is 0 Å². The number of carbonyl (C=O) groups excluding carboxylic acids is 1. The Bertz CT molecular complexity index is 916. The minimum atomic E-state index is -0.103. The summed E-state index contributed by atoms with van der Waals surface area (Å²) in [6.07, 6.45) is 0. The molecular weight excluding hydrogens is 340 g/mol. The predicted octanol–water partition coefficient (Wildman–Crippen LogP) is 2.22. The maximum absolute atomic E-state index is 12.6. The Kier molecular flexibility index (Phi) is 5.61. The number of aromatic nitrogens is 4. The highest BCUT2D eigenvalue weighted by Crippen LogP contribution is 2.21. The number of nitrogens with one attached hydrogen (secondary N) is 1. The van der Waals surface area contributed by atoms with Gasteiger partial charge in [0.25, 0.3) is 5.91 Å². The summed E-state index contributed by atoms with van der Waals surface area (Å²) in [7, 11) is 5.76. The summed E-state index contributed by atoms with van der Waals surface area (Å²) in [5.74, 6) is 0.436. The molecule has 7 nitrogen and oxygen atoms in total. The number of amides is 1. The topological polar surface area (TPSA) is 75.9 Å². The Morgan fingerprint density at radius 3 is 2.44 bits per heavy atom. The van der Waals surface area contributed by atoms with E-state index in [1.807, 2.05) is 38.4 Å². The van der Waals surface area contributed by atoms with Gasteiger partial charge in [-0.3, -0.25) is 4.79 Å². The molecule has 0 saturated heterocycles. The summed E-state index contributed by atoms with van der Waals surface area (Å²) < 4.78 is 0. The monoisotopic (exact) mass is 364 g/mol. The largest absolute Gasteiger partial charge is 0.350 e. The maximum Gasteiger partial charge on any atom is 0.251 e. The van der Waals surface area contributed by atoms with Crippen molar-refractivity contribution in [2.24, 2.45) is 7.05 Å². The van der Waals surface area contributed by atoms with Gasteiger partial charge in [-0.2, -0.15) is 4.80 Å². The summed E-state index contributed by atoms with van der Waals surface area (Å²) >= 11 is 0. The van der Waals surface area contributed by atoms with E-state index >= 15 is 0 Å². The average molecular weight is 364 g/mol. The fraction of sp³-hybridized carbons (Fsp3) is 0.300. The number of tetrazole rings is 1. The Morgan fingerprint density at radius 2 is 1.85 bits per heavy atom. The van der Waals surface area contributed by atoms with Gasteiger partial charge in [-0.1, -0.05) is 36.4 Å². The van der Waals surface area contributed by atoms with Crippen molar-refractivity contribution < 1.29 is 4.79 Å². The molecule has 1 heterocycles. The smallest absolute Gasteiger partial charge is 0.251 e. The number of benzene rings is 2. The molecule has 7 heteroatoms. The average Bonchev–Trinajstić information content (AvgIpc) is 3.09. The number of likely N-dealkylation sites (N-methyl/N-ethyl adjacent to an activating group) is 1. The number of hydrogen-bond donors (Lipinski definition) is 1. The van der Waals surface area contributed by atoms with E-state index < -0.39 is 0 Å². The second-order valence-corrected chi connectivity index (χ2v) is 6.73. The molecule has 0 unspecified atom stereocenters. The summed E-state index contributed by atoms with van der Waals surface area (Å²) in [5.41, 5.74) is 3.86. The van der Waals surface area contributed by atoms with Gasteiger partial charge in [-0.05, 0) is 49.5 Å². The predicted molar refractivity (Wildman–Crippen MR) is 104 cm³/mol. The molecule has 0 aliphatic carbocycles. The highest BCUT2D eigenvalue weighted by molar-refractivity contribution is 5.94. The number of carbonyl (C=O) groups is 1. The Morgan fingerprint density at radius 1 is 1.15 bits per heavy atom. The third-order valence-corrected chi connectivity index (χ3v) is 4.54. The quantitative estimate of drug-likeness (QED) is 0.726. The van der Waals surface area contributed by atoms with E-state index in [1.54, 1.807) is 19.2 Å². The minimum Gasteiger partial charge on any atom is -0.350 e. The third-order valence-electron chi connectivity index (χ3n) is 4.54. The molecule has 0 aliphatic heterocycles. The molecule has 3 aromatic rings. The summed E-state index contributed by atoms with van der Waals surface area (Å²) in [6.45, 7) is 2.62. The van der Waals surface area contributed by atoms with Gasteiger partial charge in [0.2, 0.25) is 5.82 Å². The molecule has 1 aromatic heterocycles. The second-order valence-electron chi connectivity index (χ2n) is 6.73. The zero-order valence-electron chi connectivity index (χ0n) is 16.0. The van der Waals surface area contributed by atoms with Gasteiger partial charge in [0.15, 0.2) is 0 Å². The molecule has 0 radical (unpaired) electrons. The van der Waals surface area contributed by atoms with E-state index in [4.69, 9.17) is 0 Å². The van der Waals surface area contributed by atoms with Crippen LogP contribution in [0.15, 0.2) is 48.5 Å². The first-order valence-electron chi connectivity index (χ1n) is 8.80. The van der Waals surface area contributed by atoms with E-state index in [1.165, 1.54) is 15.9 Å². The molecule has 0 spiro atoms. The number of rotatable bonds is 6. The number of nitrogens with zero attached hydrogens (tertiary/aromatic N) is 5. The Labute approximate surface area is 159 Å². The van der Waals surface area contributed by atoms with Crippen molar-refractivity contribution in [3.63, 3.8) is 0 Å². The normalized spacial score (nSPS) is 12.2. The van der Waals surface area contributed by atoms with E-state index in [2.05, 4.69) is 44.7 Å². The first kappa shape index (κ1) is 18.7. The van der Waals surface area contributed by atoms with Crippen molar-refractivity contribution in [2.75, 3.05) is 20.6 Å². The Balaban J connectivity index is 1.68. The molecule has 1 amide bonds. The van der Waals surface area contributed by atoms with Crippen LogP contribution in [0.3, 0.4) is 0 Å². The summed E-state index contributed by atoms with van der Waals surface area (Å²) in [5, 5.41) is 15.0. The summed E-state index contributed by atoms with van der Waals surface area (Å²) in [4.78, 5) is 16.1. The first-order valence-corrected chi connectivity index (χ1v) is 8.80. The standard InChI is InChI=1S/C20H24N6O/c1-14-7-5-6-8-17(14)18(25(2)3)13-21-20(27)16-11-9-15(10-12-16)19-22-24-26(4)23-19/h5-12,18H,13H2,1-4H3,(H,21,27)/t18-/m1/s1. The van der Waals surface area contributed by atoms with Gasteiger partial charge in [0.05, 0.1) is 13.1 Å². The molecule has 3 rings (SSSR count). The van der Waals surface area contributed by atoms with Gasteiger partial charge in [0, 0.05) is 17.7 Å². The molecule has 0 fully saturated rings. The fourth-order valence-electron chi connectivity index (χ4n) is 2.99. The van der Waals surface area contributed by atoms with Crippen LogP contribution in [-0.4, -0.2) is 51.7 Å². The molecule has 140 valence electrons. The lowest BCUT2D eigenvalue weighted by Crippen LogP contribution is -2.34. The molecule has 0 saturated carbocycles. The van der Waals surface area contributed by atoms with Crippen LogP contribution in [0, 0.1) is 6.92 Å². The lowest BCUT2D eigenvalue weighted by Gasteiger charge is -2.26. The van der Waals surface area contributed by atoms with E-state index in [0.29, 0.717) is 17.9 Å². The van der Waals surface area contributed by atoms with Gasteiger partial charge >= 0.3 is 0 Å². The highest BCUT2D eigenvalue weighted by atomic mass is 16.1. The number of aryl methyl sites for hydroxylation is 2. The molecule has 2 aromatic carbocycles. The summed E-state index contributed by atoms with van der Waals surface area (Å²) in [6, 6.07) is 15.6. The van der Waals surface area contributed by atoms with Crippen molar-refractivity contribution in [3.05, 3.63) is 65.2 Å². The van der Waals surface area contributed by atoms with Crippen molar-refractivity contribution in [2.45, 2.75) is 13.0 Å². The zero-order chi connectivity index (χ0) is 19.4. The molecule has 27 heavy (non-hydrogen) atoms. The van der Waals surface area contributed by atoms with Crippen molar-refractivity contribution >= 4 is 5.91 Å². The lowest BCUT2D eigenvalue weighted by atomic mass is 10.0. The zero-order valence-corrected chi connectivity index (χ0v) is 16.0. The molecule has 1 atom stereocenters. The SMILES string of the molecule is Cc1ccccc1[C@@H](CNC(=O)c1ccc(-c2nnn(C)n2)cc1)N(C)C. The fourth-order valence-corrected chi connectivity index (χ4v) is 2.99. The highest BCUT2D eigenvalue weighted by Gasteiger charge is 2.17. The van der Waals surface area contributed by atoms with Crippen LogP contribution >= 0.6 is 0 Å². The van der Waals surface area contributed by atoms with Crippen LogP contribution in [0.1, 0.15) is 27.5 Å². The number of hydrogen-bond acceptors (Lipinski definition) is 5. The van der Waals surface area contributed by atoms with E-state index in [-0.39, 0.29) is 11.9 Å². The van der Waals surface area contributed by atoms with Crippen LogP contribution in [0.25, 0.3) is 11.4 Å². The van der Waals surface area contributed by atoms with Crippen LogP contribution in [0.5, 0.6) is 0 Å². The lowest BCUT2D eigenvalue weighted by molar-refractivity contribution is 0.0942. The van der Waals surface area contributed by atoms with Crippen molar-refractivity contribution in [1.82, 2.24) is 30.4 Å². The van der Waals surface area contributed by atoms with E-state index in [0.717, 1.165) is 5.56 Å². The van der Waals surface area contributed by atoms with Crippen LogP contribution < -0.4 is 5.32 Å². The van der Waals surface area contributed by atoms with Gasteiger partial charge in [-0.25, -0.2) is 0 Å². The third kappa shape index (κ3) is 4.38. The molecule has 1 N–H and O–H groups in total.